The number of aromatic nitrogens is 5. The Kier molecular flexibility index (Phi) is 6.04. The number of halogens is 7. The van der Waals surface area contributed by atoms with E-state index in [9.17, 15) is 31.1 Å². The van der Waals surface area contributed by atoms with Gasteiger partial charge in [-0.05, 0) is 50.1 Å². The molecule has 1 N–H and O–H groups in total. The van der Waals surface area contributed by atoms with E-state index in [1.807, 2.05) is 0 Å². The Morgan fingerprint density at radius 3 is 2.47 bits per heavy atom. The van der Waals surface area contributed by atoms with Gasteiger partial charge in [0.1, 0.15) is 11.6 Å². The molecule has 1 aliphatic rings. The predicted octanol–water partition coefficient (Wildman–Crippen LogP) is 5.87. The molecule has 2 aromatic carbocycles. The zero-order valence-corrected chi connectivity index (χ0v) is 20.1. The standard InChI is InChI=1S/C23H17ClF6N6O2/c1-21(20-33-16-10-14(22(25,26)27)15(24)11-17(16)34-20)5-2-8-35(21)19(37)13-9-12(38-23(28,29)30)3-4-18(13)36-31-6-7-32-36/h3-4,6-7,9-11H,2,5,8H2,1H3,(H,33,34). The molecule has 3 heterocycles. The molecular formula is C23H17ClF6N6O2. The van der Waals surface area contributed by atoms with Gasteiger partial charge in [-0.3, -0.25) is 4.79 Å². The van der Waals surface area contributed by atoms with Gasteiger partial charge in [-0.15, -0.1) is 13.2 Å². The molecule has 0 radical (unpaired) electrons. The molecule has 1 saturated heterocycles. The normalized spacial score (nSPS) is 18.4. The Hall–Kier alpha value is -3.81. The summed E-state index contributed by atoms with van der Waals surface area (Å²) in [6, 6.07) is 5.14. The first-order valence-corrected chi connectivity index (χ1v) is 11.5. The van der Waals surface area contributed by atoms with Gasteiger partial charge >= 0.3 is 12.5 Å². The van der Waals surface area contributed by atoms with Crippen LogP contribution in [0.1, 0.15) is 41.5 Å². The fourth-order valence-corrected chi connectivity index (χ4v) is 4.85. The Labute approximate surface area is 215 Å². The van der Waals surface area contributed by atoms with Crippen LogP contribution in [0.2, 0.25) is 5.02 Å². The third-order valence-electron chi connectivity index (χ3n) is 6.34. The SMILES string of the molecule is CC1(c2nc3cc(Cl)c(C(F)(F)F)cc3[nH]2)CCCN1C(=O)c1cc(OC(F)(F)F)ccc1-n1nccn1. The van der Waals surface area contributed by atoms with Gasteiger partial charge in [-0.2, -0.15) is 28.2 Å². The molecule has 2 aromatic heterocycles. The molecule has 1 aliphatic heterocycles. The highest BCUT2D eigenvalue weighted by atomic mass is 35.5. The van der Waals surface area contributed by atoms with Crippen molar-refractivity contribution in [3.63, 3.8) is 0 Å². The molecule has 5 rings (SSSR count). The van der Waals surface area contributed by atoms with Crippen molar-refractivity contribution in [2.24, 2.45) is 0 Å². The summed E-state index contributed by atoms with van der Waals surface area (Å²) in [4.78, 5) is 23.6. The molecule has 0 saturated carbocycles. The maximum absolute atomic E-state index is 13.8. The van der Waals surface area contributed by atoms with E-state index in [0.717, 1.165) is 29.1 Å². The number of ether oxygens (including phenoxy) is 1. The number of carbonyl (C=O) groups is 1. The number of nitrogens with zero attached hydrogens (tertiary/aromatic N) is 5. The van der Waals surface area contributed by atoms with Crippen LogP contribution in [0.15, 0.2) is 42.7 Å². The third kappa shape index (κ3) is 4.64. The van der Waals surface area contributed by atoms with E-state index < -0.39 is 40.3 Å². The van der Waals surface area contributed by atoms with Gasteiger partial charge in [0, 0.05) is 6.54 Å². The van der Waals surface area contributed by atoms with Crippen LogP contribution in [0.4, 0.5) is 26.3 Å². The van der Waals surface area contributed by atoms with Crippen LogP contribution < -0.4 is 4.74 Å². The number of rotatable bonds is 4. The monoisotopic (exact) mass is 558 g/mol. The van der Waals surface area contributed by atoms with Gasteiger partial charge in [0.2, 0.25) is 0 Å². The molecule has 0 bridgehead atoms. The minimum absolute atomic E-state index is 0.0688. The van der Waals surface area contributed by atoms with Crippen LogP contribution in [-0.2, 0) is 11.7 Å². The predicted molar refractivity (Wildman–Crippen MR) is 122 cm³/mol. The van der Waals surface area contributed by atoms with Crippen LogP contribution in [0.25, 0.3) is 16.7 Å². The topological polar surface area (TPSA) is 88.9 Å². The number of carbonyl (C=O) groups excluding carboxylic acids is 1. The maximum atomic E-state index is 13.8. The second-order valence-corrected chi connectivity index (χ2v) is 9.22. The number of amides is 1. The van der Waals surface area contributed by atoms with Crippen LogP contribution >= 0.6 is 11.6 Å². The highest BCUT2D eigenvalue weighted by Gasteiger charge is 2.45. The van der Waals surface area contributed by atoms with Gasteiger partial charge in [0.25, 0.3) is 5.91 Å². The van der Waals surface area contributed by atoms with Crippen LogP contribution in [0.3, 0.4) is 0 Å². The first kappa shape index (κ1) is 25.8. The van der Waals surface area contributed by atoms with Gasteiger partial charge < -0.3 is 14.6 Å². The molecule has 1 unspecified atom stereocenters. The van der Waals surface area contributed by atoms with E-state index in [1.165, 1.54) is 23.4 Å². The van der Waals surface area contributed by atoms with Crippen molar-refractivity contribution in [1.82, 2.24) is 29.9 Å². The molecule has 1 atom stereocenters. The van der Waals surface area contributed by atoms with E-state index >= 15 is 0 Å². The summed E-state index contributed by atoms with van der Waals surface area (Å²) in [5.74, 6) is -1.08. The lowest BCUT2D eigenvalue weighted by atomic mass is 9.97. The zero-order valence-electron chi connectivity index (χ0n) is 19.4. The van der Waals surface area contributed by atoms with Crippen molar-refractivity contribution in [3.05, 3.63) is 64.7 Å². The van der Waals surface area contributed by atoms with Gasteiger partial charge in [-0.25, -0.2) is 4.98 Å². The van der Waals surface area contributed by atoms with E-state index in [4.69, 9.17) is 11.6 Å². The van der Waals surface area contributed by atoms with Crippen LogP contribution in [0.5, 0.6) is 5.75 Å². The molecule has 0 aliphatic carbocycles. The van der Waals surface area contributed by atoms with Gasteiger partial charge in [0.05, 0.1) is 50.8 Å². The van der Waals surface area contributed by atoms with Crippen molar-refractivity contribution < 1.29 is 35.9 Å². The molecule has 1 fully saturated rings. The second kappa shape index (κ2) is 8.89. The van der Waals surface area contributed by atoms with Gasteiger partial charge in [0.15, 0.2) is 0 Å². The lowest BCUT2D eigenvalue weighted by molar-refractivity contribution is -0.274. The summed E-state index contributed by atoms with van der Waals surface area (Å²) in [5, 5.41) is 7.41. The number of benzene rings is 2. The van der Waals surface area contributed by atoms with Crippen LogP contribution in [-0.4, -0.2) is 48.7 Å². The largest absolute Gasteiger partial charge is 0.573 e. The smallest absolute Gasteiger partial charge is 0.406 e. The van der Waals surface area contributed by atoms with E-state index in [1.54, 1.807) is 6.92 Å². The number of hydrogen-bond acceptors (Lipinski definition) is 5. The summed E-state index contributed by atoms with van der Waals surface area (Å²) in [6.07, 6.45) is -6.12. The number of imidazole rings is 1. The van der Waals surface area contributed by atoms with Crippen molar-refractivity contribution in [3.8, 4) is 11.4 Å². The van der Waals surface area contributed by atoms with E-state index in [0.29, 0.717) is 12.8 Å². The number of H-pyrrole nitrogens is 1. The number of aromatic amines is 1. The average molecular weight is 559 g/mol. The zero-order chi connectivity index (χ0) is 27.5. The van der Waals surface area contributed by atoms with Gasteiger partial charge in [-0.1, -0.05) is 11.6 Å². The highest BCUT2D eigenvalue weighted by molar-refractivity contribution is 6.32. The van der Waals surface area contributed by atoms with Crippen molar-refractivity contribution in [2.75, 3.05) is 6.54 Å². The van der Waals surface area contributed by atoms with Crippen molar-refractivity contribution in [1.29, 1.82) is 0 Å². The number of hydrogen-bond donors (Lipinski definition) is 1. The number of fused-ring (bicyclic) bond motifs is 1. The summed E-state index contributed by atoms with van der Waals surface area (Å²) in [7, 11) is 0. The first-order valence-electron chi connectivity index (χ1n) is 11.1. The fraction of sp³-hybridized carbons (Fsp3) is 0.304. The molecule has 0 spiro atoms. The van der Waals surface area contributed by atoms with Crippen molar-refractivity contribution >= 4 is 28.5 Å². The van der Waals surface area contributed by atoms with Crippen molar-refractivity contribution in [2.45, 2.75) is 37.8 Å². The second-order valence-electron chi connectivity index (χ2n) is 8.81. The average Bonchev–Trinajstić information content (AvgIpc) is 3.56. The van der Waals surface area contributed by atoms with Crippen LogP contribution in [0, 0.1) is 0 Å². The van der Waals surface area contributed by atoms with E-state index in [2.05, 4.69) is 24.9 Å². The quantitative estimate of drug-likeness (QED) is 0.317. The molecule has 8 nitrogen and oxygen atoms in total. The summed E-state index contributed by atoms with van der Waals surface area (Å²) >= 11 is 5.83. The molecule has 38 heavy (non-hydrogen) atoms. The minimum Gasteiger partial charge on any atom is -0.406 e. The molecule has 4 aromatic rings. The molecule has 15 heteroatoms. The summed E-state index contributed by atoms with van der Waals surface area (Å²) < 4.78 is 82.7. The Bertz CT molecular complexity index is 1520. The minimum atomic E-state index is -4.99. The summed E-state index contributed by atoms with van der Waals surface area (Å²) in [6.45, 7) is 1.88. The lowest BCUT2D eigenvalue weighted by Gasteiger charge is -2.34. The lowest BCUT2D eigenvalue weighted by Crippen LogP contribution is -2.44. The maximum Gasteiger partial charge on any atom is 0.573 e. The molecule has 1 amide bonds. The molecular weight excluding hydrogens is 542 g/mol. The van der Waals surface area contributed by atoms with E-state index in [-0.39, 0.29) is 34.7 Å². The number of nitrogens with one attached hydrogen (secondary N) is 1. The third-order valence-corrected chi connectivity index (χ3v) is 6.65. The Morgan fingerprint density at radius 1 is 1.11 bits per heavy atom. The Balaban J connectivity index is 1.57. The highest BCUT2D eigenvalue weighted by Crippen LogP contribution is 2.42. The fourth-order valence-electron chi connectivity index (χ4n) is 4.58. The first-order chi connectivity index (χ1) is 17.8. The molecule has 200 valence electrons. The number of likely N-dealkylation sites (tertiary alicyclic amines) is 1. The Morgan fingerprint density at radius 2 is 1.82 bits per heavy atom. The summed E-state index contributed by atoms with van der Waals surface area (Å²) in [5.41, 5.74) is -2.00. The number of alkyl halides is 6.